The van der Waals surface area contributed by atoms with Crippen molar-refractivity contribution < 1.29 is 0 Å². The molecule has 4 nitrogen and oxygen atoms in total. The molecule has 2 aromatic rings. The Morgan fingerprint density at radius 1 is 1.39 bits per heavy atom. The van der Waals surface area contributed by atoms with Crippen LogP contribution in [0, 0.1) is 0 Å². The first-order valence-corrected chi connectivity index (χ1v) is 7.10. The van der Waals surface area contributed by atoms with Gasteiger partial charge in [-0.15, -0.1) is 11.8 Å². The number of rotatable bonds is 5. The maximum atomic E-state index is 11.6. The van der Waals surface area contributed by atoms with Gasteiger partial charge in [0.1, 0.15) is 0 Å². The third-order valence-electron chi connectivity index (χ3n) is 2.78. The minimum absolute atomic E-state index is 0.144. The number of hydrogen-bond donors (Lipinski definition) is 2. The molecule has 0 unspecified atom stereocenters. The lowest BCUT2D eigenvalue weighted by Crippen LogP contribution is -2.07. The molecular weight excluding hydrogens is 246 g/mol. The second-order valence-corrected chi connectivity index (χ2v) is 5.33. The van der Waals surface area contributed by atoms with E-state index in [2.05, 4.69) is 16.9 Å². The maximum absolute atomic E-state index is 11.6. The zero-order chi connectivity index (χ0) is 13.0. The molecule has 0 aliphatic carbocycles. The lowest BCUT2D eigenvalue weighted by molar-refractivity contribution is 0.778. The van der Waals surface area contributed by atoms with Gasteiger partial charge in [0.2, 0.25) is 0 Å². The number of aromatic amines is 1. The Morgan fingerprint density at radius 3 is 3.00 bits per heavy atom. The maximum Gasteiger partial charge on any atom is 0.258 e. The highest BCUT2D eigenvalue weighted by atomic mass is 32.2. The van der Waals surface area contributed by atoms with E-state index in [0.717, 1.165) is 10.6 Å². The fourth-order valence-electron chi connectivity index (χ4n) is 1.77. The minimum Gasteiger partial charge on any atom is -0.398 e. The number of H-pyrrole nitrogens is 1. The van der Waals surface area contributed by atoms with Crippen LogP contribution in [0.3, 0.4) is 0 Å². The monoisotopic (exact) mass is 263 g/mol. The molecule has 0 saturated carbocycles. The normalized spacial score (nSPS) is 10.9. The van der Waals surface area contributed by atoms with Crippen LogP contribution in [0.5, 0.6) is 0 Å². The van der Waals surface area contributed by atoms with E-state index in [0.29, 0.717) is 16.6 Å². The zero-order valence-corrected chi connectivity index (χ0v) is 11.2. The molecular formula is C13H17N3OS. The third kappa shape index (κ3) is 2.85. The Kier molecular flexibility index (Phi) is 4.25. The molecule has 1 aromatic carbocycles. The van der Waals surface area contributed by atoms with Crippen LogP contribution in [0.2, 0.25) is 0 Å². The van der Waals surface area contributed by atoms with Crippen molar-refractivity contribution >= 4 is 28.4 Å². The van der Waals surface area contributed by atoms with Gasteiger partial charge in [-0.25, -0.2) is 4.98 Å². The SMILES string of the molecule is CCCCCSc1cc2nc[nH]c(=O)c2cc1N. The summed E-state index contributed by atoms with van der Waals surface area (Å²) >= 11 is 1.73. The van der Waals surface area contributed by atoms with E-state index in [9.17, 15) is 4.79 Å². The number of nitrogens with zero attached hydrogens (tertiary/aromatic N) is 1. The van der Waals surface area contributed by atoms with Gasteiger partial charge in [-0.1, -0.05) is 19.8 Å². The van der Waals surface area contributed by atoms with Crippen molar-refractivity contribution in [3.05, 3.63) is 28.8 Å². The van der Waals surface area contributed by atoms with Gasteiger partial charge in [0.15, 0.2) is 0 Å². The molecule has 96 valence electrons. The van der Waals surface area contributed by atoms with Crippen LogP contribution in [-0.4, -0.2) is 15.7 Å². The van der Waals surface area contributed by atoms with Gasteiger partial charge >= 0.3 is 0 Å². The van der Waals surface area contributed by atoms with Gasteiger partial charge in [0, 0.05) is 10.6 Å². The number of unbranched alkanes of at least 4 members (excludes halogenated alkanes) is 2. The Morgan fingerprint density at radius 2 is 2.22 bits per heavy atom. The van der Waals surface area contributed by atoms with E-state index in [1.165, 1.54) is 25.6 Å². The molecule has 0 saturated heterocycles. The van der Waals surface area contributed by atoms with Crippen molar-refractivity contribution in [1.29, 1.82) is 0 Å². The van der Waals surface area contributed by atoms with Gasteiger partial charge in [-0.3, -0.25) is 4.79 Å². The topological polar surface area (TPSA) is 71.8 Å². The van der Waals surface area contributed by atoms with E-state index in [1.54, 1.807) is 17.8 Å². The molecule has 0 amide bonds. The van der Waals surface area contributed by atoms with Crippen molar-refractivity contribution in [2.45, 2.75) is 31.1 Å². The summed E-state index contributed by atoms with van der Waals surface area (Å²) in [5.74, 6) is 1.05. The number of nitrogens with two attached hydrogens (primary N) is 1. The van der Waals surface area contributed by atoms with E-state index in [1.807, 2.05) is 6.07 Å². The van der Waals surface area contributed by atoms with Crippen molar-refractivity contribution in [3.63, 3.8) is 0 Å². The first-order valence-electron chi connectivity index (χ1n) is 6.12. The van der Waals surface area contributed by atoms with Crippen LogP contribution in [0.15, 0.2) is 28.2 Å². The quantitative estimate of drug-likeness (QED) is 0.494. The molecule has 18 heavy (non-hydrogen) atoms. The zero-order valence-electron chi connectivity index (χ0n) is 10.4. The van der Waals surface area contributed by atoms with E-state index in [-0.39, 0.29) is 5.56 Å². The smallest absolute Gasteiger partial charge is 0.258 e. The second-order valence-electron chi connectivity index (χ2n) is 4.19. The molecule has 0 spiro atoms. The number of thioether (sulfide) groups is 1. The van der Waals surface area contributed by atoms with Gasteiger partial charge in [-0.05, 0) is 24.3 Å². The summed E-state index contributed by atoms with van der Waals surface area (Å²) in [7, 11) is 0. The lowest BCUT2D eigenvalue weighted by atomic mass is 10.2. The number of nitrogens with one attached hydrogen (secondary N) is 1. The highest BCUT2D eigenvalue weighted by Crippen LogP contribution is 2.28. The molecule has 0 bridgehead atoms. The summed E-state index contributed by atoms with van der Waals surface area (Å²) in [6.07, 6.45) is 5.05. The average Bonchev–Trinajstić information content (AvgIpc) is 2.36. The van der Waals surface area contributed by atoms with Crippen molar-refractivity contribution in [2.24, 2.45) is 0 Å². The summed E-state index contributed by atoms with van der Waals surface area (Å²) in [6, 6.07) is 3.61. The summed E-state index contributed by atoms with van der Waals surface area (Å²) in [4.78, 5) is 19.3. The number of anilines is 1. The van der Waals surface area contributed by atoms with Gasteiger partial charge < -0.3 is 10.7 Å². The Hall–Kier alpha value is -1.49. The molecule has 1 heterocycles. The number of nitrogen functional groups attached to an aromatic ring is 1. The number of benzene rings is 1. The van der Waals surface area contributed by atoms with Crippen molar-refractivity contribution in [2.75, 3.05) is 11.5 Å². The second kappa shape index (κ2) is 5.91. The van der Waals surface area contributed by atoms with Crippen LogP contribution in [-0.2, 0) is 0 Å². The Bertz CT molecular complexity index is 594. The molecule has 2 rings (SSSR count). The highest BCUT2D eigenvalue weighted by molar-refractivity contribution is 7.99. The minimum atomic E-state index is -0.144. The molecule has 0 fully saturated rings. The number of fused-ring (bicyclic) bond motifs is 1. The van der Waals surface area contributed by atoms with Gasteiger partial charge in [0.25, 0.3) is 5.56 Å². The van der Waals surface area contributed by atoms with E-state index in [4.69, 9.17) is 5.73 Å². The Labute approximate surface area is 110 Å². The largest absolute Gasteiger partial charge is 0.398 e. The lowest BCUT2D eigenvalue weighted by Gasteiger charge is -2.06. The average molecular weight is 263 g/mol. The summed E-state index contributed by atoms with van der Waals surface area (Å²) < 4.78 is 0. The molecule has 3 N–H and O–H groups in total. The molecule has 0 aliphatic rings. The van der Waals surface area contributed by atoms with Crippen LogP contribution in [0.1, 0.15) is 26.2 Å². The van der Waals surface area contributed by atoms with Gasteiger partial charge in [-0.2, -0.15) is 0 Å². The third-order valence-corrected chi connectivity index (χ3v) is 3.93. The van der Waals surface area contributed by atoms with Crippen molar-refractivity contribution in [1.82, 2.24) is 9.97 Å². The van der Waals surface area contributed by atoms with Crippen LogP contribution in [0.4, 0.5) is 5.69 Å². The summed E-state index contributed by atoms with van der Waals surface area (Å²) in [6.45, 7) is 2.19. The highest BCUT2D eigenvalue weighted by Gasteiger charge is 2.06. The summed E-state index contributed by atoms with van der Waals surface area (Å²) in [5.41, 5.74) is 7.18. The predicted octanol–water partition coefficient (Wildman–Crippen LogP) is 2.79. The van der Waals surface area contributed by atoms with E-state index >= 15 is 0 Å². The van der Waals surface area contributed by atoms with Crippen LogP contribution in [0.25, 0.3) is 10.9 Å². The fraction of sp³-hybridized carbons (Fsp3) is 0.385. The molecule has 0 atom stereocenters. The fourth-order valence-corrected chi connectivity index (χ4v) is 2.76. The predicted molar refractivity (Wildman–Crippen MR) is 77.0 cm³/mol. The van der Waals surface area contributed by atoms with Crippen LogP contribution >= 0.6 is 11.8 Å². The standard InChI is InChI=1S/C13H17N3OS/c1-2-3-4-5-18-12-7-11-9(6-10(12)14)13(17)16-8-15-11/h6-8H,2-5,14H2,1H3,(H,15,16,17). The number of aromatic nitrogens is 2. The molecule has 0 aliphatic heterocycles. The molecule has 1 aromatic heterocycles. The van der Waals surface area contributed by atoms with Gasteiger partial charge in [0.05, 0.1) is 17.2 Å². The number of hydrogen-bond acceptors (Lipinski definition) is 4. The Balaban J connectivity index is 2.24. The molecule has 0 radical (unpaired) electrons. The molecule has 5 heteroatoms. The first-order chi connectivity index (χ1) is 8.72. The van der Waals surface area contributed by atoms with Crippen LogP contribution < -0.4 is 11.3 Å². The first kappa shape index (κ1) is 13.0. The van der Waals surface area contributed by atoms with Crippen molar-refractivity contribution in [3.8, 4) is 0 Å². The summed E-state index contributed by atoms with van der Waals surface area (Å²) in [5, 5.41) is 0.549. The van der Waals surface area contributed by atoms with E-state index < -0.39 is 0 Å².